The molecule has 7 nitrogen and oxygen atoms in total. The number of amides is 1. The number of benzene rings is 2. The molecule has 178 valence electrons. The number of allylic oxidation sites excluding steroid dienone is 1. The van der Waals surface area contributed by atoms with Crippen molar-refractivity contribution < 1.29 is 22.4 Å². The van der Waals surface area contributed by atoms with E-state index in [0.717, 1.165) is 45.2 Å². The van der Waals surface area contributed by atoms with Crippen LogP contribution in [0.2, 0.25) is 0 Å². The molecule has 34 heavy (non-hydrogen) atoms. The minimum atomic E-state index is -3.32. The van der Waals surface area contributed by atoms with E-state index < -0.39 is 9.84 Å². The molecule has 0 atom stereocenters. The fourth-order valence-electron chi connectivity index (χ4n) is 3.84. The standard InChI is InChI=1S/C25H26N2O5S2/c1-7-31-23-15(4)24-19(14(3)16(5)32-24)12-18(23)13(2)10-22(28)27-25-26-20-9-8-17(34(6,29)30)11-21(20)33-25/h8-12H,7H2,1-6H3,(H,26,27,28)/b13-10+. The summed E-state index contributed by atoms with van der Waals surface area (Å²) in [6, 6.07) is 6.73. The predicted octanol–water partition coefficient (Wildman–Crippen LogP) is 5.81. The summed E-state index contributed by atoms with van der Waals surface area (Å²) in [6.45, 7) is 10.2. The SMILES string of the molecule is CCOc1c(/C(C)=C/C(=O)Nc2nc3ccc(S(C)(=O)=O)cc3s2)cc2c(C)c(C)oc2c1C. The zero-order valence-corrected chi connectivity index (χ0v) is 21.5. The van der Waals surface area contributed by atoms with E-state index >= 15 is 0 Å². The molecule has 0 fully saturated rings. The highest BCUT2D eigenvalue weighted by Gasteiger charge is 2.19. The molecule has 0 saturated carbocycles. The van der Waals surface area contributed by atoms with Crippen molar-refractivity contribution >= 4 is 59.0 Å². The number of anilines is 1. The molecule has 9 heteroatoms. The number of ether oxygens (including phenoxy) is 1. The van der Waals surface area contributed by atoms with Crippen molar-refractivity contribution in [2.45, 2.75) is 39.5 Å². The monoisotopic (exact) mass is 498 g/mol. The topological polar surface area (TPSA) is 98.5 Å². The normalized spacial score (nSPS) is 12.5. The molecule has 0 aliphatic rings. The number of aryl methyl sites for hydroxylation is 3. The van der Waals surface area contributed by atoms with Gasteiger partial charge in [-0.2, -0.15) is 0 Å². The van der Waals surface area contributed by atoms with E-state index in [1.54, 1.807) is 12.1 Å². The number of hydrogen-bond acceptors (Lipinski definition) is 7. The number of sulfone groups is 1. The zero-order valence-electron chi connectivity index (χ0n) is 19.9. The molecular weight excluding hydrogens is 472 g/mol. The highest BCUT2D eigenvalue weighted by molar-refractivity contribution is 7.90. The van der Waals surface area contributed by atoms with Gasteiger partial charge in [-0.05, 0) is 70.0 Å². The van der Waals surface area contributed by atoms with Gasteiger partial charge in [-0.15, -0.1) is 0 Å². The molecule has 1 N–H and O–H groups in total. The molecule has 0 saturated heterocycles. The highest BCUT2D eigenvalue weighted by atomic mass is 32.2. The minimum Gasteiger partial charge on any atom is -0.493 e. The maximum atomic E-state index is 12.8. The van der Waals surface area contributed by atoms with Crippen LogP contribution in [-0.2, 0) is 14.6 Å². The van der Waals surface area contributed by atoms with Crippen LogP contribution in [-0.4, -0.2) is 32.2 Å². The summed E-state index contributed by atoms with van der Waals surface area (Å²) in [5.74, 6) is 1.21. The third-order valence-corrected chi connectivity index (χ3v) is 7.77. The van der Waals surface area contributed by atoms with Crippen molar-refractivity contribution in [2.75, 3.05) is 18.2 Å². The van der Waals surface area contributed by atoms with Crippen LogP contribution < -0.4 is 10.1 Å². The van der Waals surface area contributed by atoms with Gasteiger partial charge < -0.3 is 9.15 Å². The van der Waals surface area contributed by atoms with Crippen LogP contribution in [0.15, 0.2) is 39.7 Å². The summed E-state index contributed by atoms with van der Waals surface area (Å²) in [4.78, 5) is 17.4. The second-order valence-corrected chi connectivity index (χ2v) is 11.3. The van der Waals surface area contributed by atoms with E-state index in [0.29, 0.717) is 27.7 Å². The molecule has 4 aromatic rings. The Bertz CT molecular complexity index is 1580. The Kier molecular flexibility index (Phi) is 6.26. The number of fused-ring (bicyclic) bond motifs is 2. The fraction of sp³-hybridized carbons (Fsp3) is 0.280. The number of carbonyl (C=O) groups excluding carboxylic acids is 1. The van der Waals surface area contributed by atoms with Crippen molar-refractivity contribution in [3.63, 3.8) is 0 Å². The Morgan fingerprint density at radius 3 is 2.62 bits per heavy atom. The van der Waals surface area contributed by atoms with Crippen LogP contribution in [0.4, 0.5) is 5.13 Å². The Labute approximate surface area is 202 Å². The van der Waals surface area contributed by atoms with Gasteiger partial charge in [-0.25, -0.2) is 13.4 Å². The van der Waals surface area contributed by atoms with Crippen LogP contribution in [0.25, 0.3) is 26.8 Å². The number of nitrogens with one attached hydrogen (secondary N) is 1. The Balaban J connectivity index is 1.67. The fourth-order valence-corrected chi connectivity index (χ4v) is 5.47. The summed E-state index contributed by atoms with van der Waals surface area (Å²) in [7, 11) is -3.32. The highest BCUT2D eigenvalue weighted by Crippen LogP contribution is 2.39. The second-order valence-electron chi connectivity index (χ2n) is 8.21. The first-order valence-corrected chi connectivity index (χ1v) is 13.5. The van der Waals surface area contributed by atoms with E-state index in [1.165, 1.54) is 23.5 Å². The van der Waals surface area contributed by atoms with Gasteiger partial charge in [0.15, 0.2) is 15.0 Å². The summed E-state index contributed by atoms with van der Waals surface area (Å²) in [5.41, 5.74) is 4.94. The van der Waals surface area contributed by atoms with Gasteiger partial charge in [-0.1, -0.05) is 11.3 Å². The quantitative estimate of drug-likeness (QED) is 0.337. The van der Waals surface area contributed by atoms with Crippen LogP contribution in [0.5, 0.6) is 5.75 Å². The lowest BCUT2D eigenvalue weighted by molar-refractivity contribution is -0.111. The molecule has 2 aromatic carbocycles. The average molecular weight is 499 g/mol. The number of furan rings is 1. The molecule has 0 spiro atoms. The van der Waals surface area contributed by atoms with Gasteiger partial charge in [0.25, 0.3) is 0 Å². The maximum absolute atomic E-state index is 12.8. The molecule has 0 aliphatic heterocycles. The zero-order chi connectivity index (χ0) is 24.8. The maximum Gasteiger partial charge on any atom is 0.250 e. The first-order valence-electron chi connectivity index (χ1n) is 10.8. The van der Waals surface area contributed by atoms with Gasteiger partial charge in [0.05, 0.1) is 21.7 Å². The number of thiazole rings is 1. The Morgan fingerprint density at radius 1 is 1.21 bits per heavy atom. The molecule has 1 amide bonds. The summed E-state index contributed by atoms with van der Waals surface area (Å²) >= 11 is 1.23. The second kappa shape index (κ2) is 8.88. The average Bonchev–Trinajstić information content (AvgIpc) is 3.28. The lowest BCUT2D eigenvalue weighted by Crippen LogP contribution is -2.08. The van der Waals surface area contributed by atoms with Crippen LogP contribution in [0.3, 0.4) is 0 Å². The predicted molar refractivity (Wildman–Crippen MR) is 137 cm³/mol. The third kappa shape index (κ3) is 4.45. The van der Waals surface area contributed by atoms with Crippen molar-refractivity contribution in [2.24, 2.45) is 0 Å². The third-order valence-electron chi connectivity index (χ3n) is 5.73. The number of nitrogens with zero attached hydrogens (tertiary/aromatic N) is 1. The van der Waals surface area contributed by atoms with Gasteiger partial charge in [0.2, 0.25) is 5.91 Å². The lowest BCUT2D eigenvalue weighted by Gasteiger charge is -2.14. The van der Waals surface area contributed by atoms with Crippen molar-refractivity contribution in [1.29, 1.82) is 0 Å². The van der Waals surface area contributed by atoms with Gasteiger partial charge in [-0.3, -0.25) is 10.1 Å². The molecule has 0 unspecified atom stereocenters. The number of carbonyl (C=O) groups is 1. The van der Waals surface area contributed by atoms with E-state index in [4.69, 9.17) is 9.15 Å². The largest absolute Gasteiger partial charge is 0.493 e. The molecule has 0 radical (unpaired) electrons. The minimum absolute atomic E-state index is 0.219. The molecular formula is C25H26N2O5S2. The first kappa shape index (κ1) is 24.0. The van der Waals surface area contributed by atoms with E-state index in [2.05, 4.69) is 10.3 Å². The molecule has 0 bridgehead atoms. The van der Waals surface area contributed by atoms with Gasteiger partial charge >= 0.3 is 0 Å². The molecule has 4 rings (SSSR count). The summed E-state index contributed by atoms with van der Waals surface area (Å²) in [6.07, 6.45) is 2.67. The molecule has 2 heterocycles. The van der Waals surface area contributed by atoms with Gasteiger partial charge in [0.1, 0.15) is 17.1 Å². The Hall–Kier alpha value is -3.17. The molecule has 0 aliphatic carbocycles. The smallest absolute Gasteiger partial charge is 0.250 e. The Morgan fingerprint density at radius 2 is 1.94 bits per heavy atom. The first-order chi connectivity index (χ1) is 16.0. The number of aromatic nitrogens is 1. The van der Waals surface area contributed by atoms with Crippen molar-refractivity contribution in [3.05, 3.63) is 52.8 Å². The van der Waals surface area contributed by atoms with E-state index in [1.807, 2.05) is 40.7 Å². The van der Waals surface area contributed by atoms with Crippen molar-refractivity contribution in [3.8, 4) is 5.75 Å². The van der Waals surface area contributed by atoms with Crippen LogP contribution in [0.1, 0.15) is 36.3 Å². The summed E-state index contributed by atoms with van der Waals surface area (Å²) < 4.78 is 36.2. The van der Waals surface area contributed by atoms with Crippen molar-refractivity contribution in [1.82, 2.24) is 4.98 Å². The summed E-state index contributed by atoms with van der Waals surface area (Å²) in [5, 5.41) is 4.18. The number of rotatable bonds is 6. The van der Waals surface area contributed by atoms with Gasteiger partial charge in [0, 0.05) is 28.8 Å². The lowest BCUT2D eigenvalue weighted by atomic mass is 9.98. The number of hydrogen-bond donors (Lipinski definition) is 1. The van der Waals surface area contributed by atoms with Crippen LogP contribution >= 0.6 is 11.3 Å². The van der Waals surface area contributed by atoms with E-state index in [9.17, 15) is 13.2 Å². The van der Waals surface area contributed by atoms with Crippen LogP contribution in [0, 0.1) is 20.8 Å². The molecule has 2 aromatic heterocycles. The van der Waals surface area contributed by atoms with E-state index in [-0.39, 0.29) is 10.8 Å².